The third-order valence-electron chi connectivity index (χ3n) is 3.06. The van der Waals surface area contributed by atoms with Crippen LogP contribution in [-0.4, -0.2) is 9.78 Å². The van der Waals surface area contributed by atoms with Gasteiger partial charge in [-0.3, -0.25) is 0 Å². The van der Waals surface area contributed by atoms with Gasteiger partial charge in [-0.05, 0) is 19.1 Å². The van der Waals surface area contributed by atoms with E-state index in [4.69, 9.17) is 18.0 Å². The Morgan fingerprint density at radius 3 is 2.70 bits per heavy atom. The van der Waals surface area contributed by atoms with Crippen molar-refractivity contribution in [3.8, 4) is 11.8 Å². The van der Waals surface area contributed by atoms with Crippen LogP contribution in [0.25, 0.3) is 16.6 Å². The third kappa shape index (κ3) is 1.80. The van der Waals surface area contributed by atoms with Crippen LogP contribution in [-0.2, 0) is 0 Å². The molecule has 6 heteroatoms. The SMILES string of the molecule is Cc1nn(-c2ccccc2)c2c(C#N)c(N)sc(=S)c12. The van der Waals surface area contributed by atoms with Crippen molar-refractivity contribution < 1.29 is 0 Å². The molecular formula is C14H10N4S2. The van der Waals surface area contributed by atoms with Crippen LogP contribution in [0.2, 0.25) is 0 Å². The number of aromatic nitrogens is 2. The molecule has 0 aliphatic rings. The maximum Gasteiger partial charge on any atom is 0.112 e. The molecule has 3 rings (SSSR count). The van der Waals surface area contributed by atoms with Gasteiger partial charge in [-0.25, -0.2) is 4.68 Å². The van der Waals surface area contributed by atoms with Gasteiger partial charge in [-0.2, -0.15) is 10.4 Å². The van der Waals surface area contributed by atoms with E-state index in [1.54, 1.807) is 4.68 Å². The highest BCUT2D eigenvalue weighted by molar-refractivity contribution is 7.74. The first-order valence-electron chi connectivity index (χ1n) is 5.91. The molecule has 0 aliphatic heterocycles. The van der Waals surface area contributed by atoms with Gasteiger partial charge in [0, 0.05) is 0 Å². The lowest BCUT2D eigenvalue weighted by molar-refractivity contribution is 0.888. The fourth-order valence-electron chi connectivity index (χ4n) is 2.19. The van der Waals surface area contributed by atoms with Gasteiger partial charge in [0.15, 0.2) is 0 Å². The summed E-state index contributed by atoms with van der Waals surface area (Å²) in [7, 11) is 0. The molecule has 0 radical (unpaired) electrons. The molecule has 0 amide bonds. The first-order chi connectivity index (χ1) is 9.63. The number of anilines is 1. The molecule has 0 fully saturated rings. The molecule has 98 valence electrons. The summed E-state index contributed by atoms with van der Waals surface area (Å²) in [5.41, 5.74) is 8.76. The van der Waals surface area contributed by atoms with Crippen LogP contribution in [0.4, 0.5) is 5.00 Å². The van der Waals surface area contributed by atoms with E-state index in [-0.39, 0.29) is 0 Å². The predicted molar refractivity (Wildman–Crippen MR) is 83.6 cm³/mol. The van der Waals surface area contributed by atoms with E-state index >= 15 is 0 Å². The minimum atomic E-state index is 0.432. The van der Waals surface area contributed by atoms with Gasteiger partial charge in [0.2, 0.25) is 0 Å². The number of nitriles is 1. The Morgan fingerprint density at radius 1 is 1.35 bits per heavy atom. The molecule has 0 aliphatic carbocycles. The molecule has 2 heterocycles. The average molecular weight is 298 g/mol. The summed E-state index contributed by atoms with van der Waals surface area (Å²) in [5.74, 6) is 0. The number of hydrogen-bond acceptors (Lipinski definition) is 5. The highest BCUT2D eigenvalue weighted by Crippen LogP contribution is 2.32. The van der Waals surface area contributed by atoms with E-state index in [2.05, 4.69) is 11.2 Å². The molecule has 20 heavy (non-hydrogen) atoms. The maximum atomic E-state index is 9.39. The smallest absolute Gasteiger partial charge is 0.112 e. The molecule has 0 unspecified atom stereocenters. The van der Waals surface area contributed by atoms with Crippen molar-refractivity contribution in [1.29, 1.82) is 5.26 Å². The Bertz CT molecular complexity index is 901. The molecular weight excluding hydrogens is 288 g/mol. The van der Waals surface area contributed by atoms with Crippen LogP contribution < -0.4 is 5.73 Å². The second-order valence-corrected chi connectivity index (χ2v) is 6.02. The van der Waals surface area contributed by atoms with E-state index in [0.29, 0.717) is 19.9 Å². The summed E-state index contributed by atoms with van der Waals surface area (Å²) in [5, 5.41) is 15.2. The number of rotatable bonds is 1. The quantitative estimate of drug-likeness (QED) is 0.697. The van der Waals surface area contributed by atoms with Crippen LogP contribution in [0, 0.1) is 22.1 Å². The highest BCUT2D eigenvalue weighted by atomic mass is 32.1. The highest BCUT2D eigenvalue weighted by Gasteiger charge is 2.17. The molecule has 0 saturated carbocycles. The number of para-hydroxylation sites is 1. The molecule has 4 nitrogen and oxygen atoms in total. The van der Waals surface area contributed by atoms with Gasteiger partial charge in [-0.15, -0.1) is 11.3 Å². The fourth-order valence-corrected chi connectivity index (χ4v) is 3.49. The maximum absolute atomic E-state index is 9.39. The van der Waals surface area contributed by atoms with E-state index in [0.717, 1.165) is 16.8 Å². The van der Waals surface area contributed by atoms with Crippen LogP contribution in [0.3, 0.4) is 0 Å². The number of nitrogen functional groups attached to an aromatic ring is 1. The lowest BCUT2D eigenvalue weighted by atomic mass is 10.2. The first kappa shape index (κ1) is 12.8. The van der Waals surface area contributed by atoms with Crippen molar-refractivity contribution in [2.24, 2.45) is 0 Å². The van der Waals surface area contributed by atoms with E-state index in [1.165, 1.54) is 11.3 Å². The molecule has 2 aromatic heterocycles. The van der Waals surface area contributed by atoms with Crippen LogP contribution >= 0.6 is 23.6 Å². The van der Waals surface area contributed by atoms with Gasteiger partial charge < -0.3 is 5.73 Å². The van der Waals surface area contributed by atoms with Gasteiger partial charge in [-0.1, -0.05) is 30.4 Å². The standard InChI is InChI=1S/C14H10N4S2/c1-8-11-12(10(7-15)13(16)20-14(11)19)18(17-8)9-5-3-2-4-6-9/h2-6H,16H2,1H3. The van der Waals surface area contributed by atoms with Crippen molar-refractivity contribution in [2.75, 3.05) is 5.73 Å². The zero-order chi connectivity index (χ0) is 14.3. The van der Waals surface area contributed by atoms with Crippen molar-refractivity contribution in [3.05, 3.63) is 45.4 Å². The molecule has 2 N–H and O–H groups in total. The minimum Gasteiger partial charge on any atom is -0.389 e. The van der Waals surface area contributed by atoms with E-state index in [1.807, 2.05) is 37.3 Å². The van der Waals surface area contributed by atoms with Gasteiger partial charge in [0.05, 0.1) is 22.3 Å². The second-order valence-electron chi connectivity index (χ2n) is 4.30. The summed E-state index contributed by atoms with van der Waals surface area (Å²) >= 11 is 6.63. The van der Waals surface area contributed by atoms with Crippen molar-refractivity contribution >= 4 is 39.5 Å². The third-order valence-corrected chi connectivity index (χ3v) is 4.33. The Hall–Kier alpha value is -2.23. The first-order valence-corrected chi connectivity index (χ1v) is 7.13. The topological polar surface area (TPSA) is 67.6 Å². The van der Waals surface area contributed by atoms with Crippen molar-refractivity contribution in [2.45, 2.75) is 6.92 Å². The van der Waals surface area contributed by atoms with Crippen LogP contribution in [0.1, 0.15) is 11.3 Å². The Labute approximate surface area is 124 Å². The van der Waals surface area contributed by atoms with Crippen molar-refractivity contribution in [3.63, 3.8) is 0 Å². The number of nitrogens with zero attached hydrogens (tertiary/aromatic N) is 3. The van der Waals surface area contributed by atoms with Crippen molar-refractivity contribution in [1.82, 2.24) is 9.78 Å². The number of hydrogen-bond donors (Lipinski definition) is 1. The summed E-state index contributed by atoms with van der Waals surface area (Å²) in [6.07, 6.45) is 0. The summed E-state index contributed by atoms with van der Waals surface area (Å²) in [6.45, 7) is 1.89. The zero-order valence-corrected chi connectivity index (χ0v) is 12.3. The molecule has 0 bridgehead atoms. The monoisotopic (exact) mass is 298 g/mol. The lowest BCUT2D eigenvalue weighted by Crippen LogP contribution is -1.99. The Kier molecular flexibility index (Phi) is 3.01. The van der Waals surface area contributed by atoms with E-state index < -0.39 is 0 Å². The molecule has 0 atom stereocenters. The number of nitrogens with two attached hydrogens (primary N) is 1. The molecule has 0 saturated heterocycles. The molecule has 0 spiro atoms. The normalized spacial score (nSPS) is 10.6. The minimum absolute atomic E-state index is 0.432. The second kappa shape index (κ2) is 4.71. The summed E-state index contributed by atoms with van der Waals surface area (Å²) in [4.78, 5) is 0. The van der Waals surface area contributed by atoms with Crippen LogP contribution in [0.5, 0.6) is 0 Å². The summed E-state index contributed by atoms with van der Waals surface area (Å²) in [6, 6.07) is 11.8. The van der Waals surface area contributed by atoms with Crippen LogP contribution in [0.15, 0.2) is 30.3 Å². The largest absolute Gasteiger partial charge is 0.389 e. The zero-order valence-electron chi connectivity index (χ0n) is 10.6. The number of fused-ring (bicyclic) bond motifs is 1. The Balaban J connectivity index is 2.53. The van der Waals surface area contributed by atoms with Gasteiger partial charge >= 0.3 is 0 Å². The predicted octanol–water partition coefficient (Wildman–Crippen LogP) is 3.58. The lowest BCUT2D eigenvalue weighted by Gasteiger charge is -2.05. The average Bonchev–Trinajstić information content (AvgIpc) is 2.78. The van der Waals surface area contributed by atoms with Gasteiger partial charge in [0.1, 0.15) is 20.5 Å². The fraction of sp³-hybridized carbons (Fsp3) is 0.0714. The molecule has 3 aromatic rings. The summed E-state index contributed by atoms with van der Waals surface area (Å²) < 4.78 is 2.40. The number of benzene rings is 1. The van der Waals surface area contributed by atoms with E-state index in [9.17, 15) is 5.26 Å². The molecule has 1 aromatic carbocycles. The Morgan fingerprint density at radius 2 is 2.05 bits per heavy atom. The van der Waals surface area contributed by atoms with Gasteiger partial charge in [0.25, 0.3) is 0 Å². The number of aryl methyl sites for hydroxylation is 1.